The Morgan fingerprint density at radius 1 is 1.60 bits per heavy atom. The molecule has 0 aliphatic rings. The van der Waals surface area contributed by atoms with Gasteiger partial charge < -0.3 is 10.5 Å². The Bertz CT molecular complexity index is 359. The third-order valence-electron chi connectivity index (χ3n) is 1.85. The molecule has 0 unspecified atom stereocenters. The second kappa shape index (κ2) is 5.94. The Hall–Kier alpha value is -1.67. The summed E-state index contributed by atoms with van der Waals surface area (Å²) in [6.45, 7) is 3.17. The highest BCUT2D eigenvalue weighted by atomic mass is 16.5. The Morgan fingerprint density at radius 2 is 2.40 bits per heavy atom. The van der Waals surface area contributed by atoms with Gasteiger partial charge >= 0.3 is 0 Å². The van der Waals surface area contributed by atoms with Crippen LogP contribution in [-0.4, -0.2) is 16.6 Å². The maximum absolute atomic E-state index is 8.68. The molecule has 1 aromatic rings. The number of anilines is 1. The first kappa shape index (κ1) is 11.4. The lowest BCUT2D eigenvalue weighted by atomic mass is 10.3. The van der Waals surface area contributed by atoms with Crippen LogP contribution in [0.4, 0.5) is 5.82 Å². The minimum Gasteiger partial charge on any atom is -0.381 e. The molecule has 80 valence electrons. The molecule has 0 saturated heterocycles. The van der Waals surface area contributed by atoms with Crippen LogP contribution in [0, 0.1) is 11.3 Å². The summed E-state index contributed by atoms with van der Waals surface area (Å²) in [4.78, 5) is 7.88. The molecule has 0 bridgehead atoms. The maximum Gasteiger partial charge on any atom is 0.183 e. The fourth-order valence-corrected chi connectivity index (χ4v) is 1.01. The van der Waals surface area contributed by atoms with E-state index in [2.05, 4.69) is 16.9 Å². The summed E-state index contributed by atoms with van der Waals surface area (Å²) in [5.41, 5.74) is 6.23. The predicted octanol–water partition coefficient (Wildman–Crippen LogP) is 1.25. The van der Waals surface area contributed by atoms with Crippen molar-refractivity contribution in [2.45, 2.75) is 26.4 Å². The molecule has 1 rings (SSSR count). The van der Waals surface area contributed by atoms with Gasteiger partial charge in [0.25, 0.3) is 0 Å². The van der Waals surface area contributed by atoms with Crippen LogP contribution in [0.2, 0.25) is 0 Å². The molecular formula is C10H14N4O. The number of nitrogen functional groups attached to an aromatic ring is 1. The molecule has 0 spiro atoms. The Balaban J connectivity index is 2.52. The highest BCUT2D eigenvalue weighted by molar-refractivity contribution is 5.42. The van der Waals surface area contributed by atoms with E-state index in [1.807, 2.05) is 6.07 Å². The van der Waals surface area contributed by atoms with Gasteiger partial charge in [-0.15, -0.1) is 0 Å². The fraction of sp³-hybridized carbons (Fsp3) is 0.500. The zero-order valence-corrected chi connectivity index (χ0v) is 8.73. The van der Waals surface area contributed by atoms with Crippen molar-refractivity contribution < 1.29 is 4.74 Å². The van der Waals surface area contributed by atoms with Crippen molar-refractivity contribution in [2.75, 3.05) is 12.3 Å². The third-order valence-corrected chi connectivity index (χ3v) is 1.85. The maximum atomic E-state index is 8.68. The van der Waals surface area contributed by atoms with Gasteiger partial charge in [-0.3, -0.25) is 0 Å². The van der Waals surface area contributed by atoms with Crippen molar-refractivity contribution in [3.8, 4) is 6.07 Å². The first-order chi connectivity index (χ1) is 7.27. The molecule has 0 atom stereocenters. The number of nitriles is 1. The standard InChI is InChI=1S/C10H14N4O/c1-2-3-4-15-7-8-6-13-10(12)9(5-11)14-8/h6H,2-4,7H2,1H3,(H2,12,13). The minimum atomic E-state index is 0.159. The van der Waals surface area contributed by atoms with E-state index in [0.29, 0.717) is 18.9 Å². The molecule has 0 aromatic carbocycles. The van der Waals surface area contributed by atoms with Crippen LogP contribution in [0.25, 0.3) is 0 Å². The average molecular weight is 206 g/mol. The summed E-state index contributed by atoms with van der Waals surface area (Å²) in [5.74, 6) is 0.162. The molecule has 0 aliphatic carbocycles. The topological polar surface area (TPSA) is 84.8 Å². The van der Waals surface area contributed by atoms with E-state index >= 15 is 0 Å². The lowest BCUT2D eigenvalue weighted by molar-refractivity contribution is 0.115. The van der Waals surface area contributed by atoms with Crippen LogP contribution in [0.15, 0.2) is 6.20 Å². The molecular weight excluding hydrogens is 192 g/mol. The zero-order valence-electron chi connectivity index (χ0n) is 8.73. The SMILES string of the molecule is CCCCOCc1cnc(N)c(C#N)n1. The summed E-state index contributed by atoms with van der Waals surface area (Å²) in [7, 11) is 0. The average Bonchev–Trinajstić information content (AvgIpc) is 2.26. The van der Waals surface area contributed by atoms with Gasteiger partial charge in [0, 0.05) is 6.61 Å². The van der Waals surface area contributed by atoms with Crippen LogP contribution in [-0.2, 0) is 11.3 Å². The van der Waals surface area contributed by atoms with E-state index in [9.17, 15) is 0 Å². The van der Waals surface area contributed by atoms with Gasteiger partial charge in [-0.05, 0) is 6.42 Å². The fourth-order valence-electron chi connectivity index (χ4n) is 1.01. The van der Waals surface area contributed by atoms with Gasteiger partial charge in [-0.1, -0.05) is 13.3 Å². The van der Waals surface area contributed by atoms with Crippen molar-refractivity contribution in [2.24, 2.45) is 0 Å². The number of hydrogen-bond donors (Lipinski definition) is 1. The van der Waals surface area contributed by atoms with Crippen LogP contribution in [0.3, 0.4) is 0 Å². The number of rotatable bonds is 5. The van der Waals surface area contributed by atoms with Gasteiger partial charge in [0.2, 0.25) is 0 Å². The van der Waals surface area contributed by atoms with Crippen molar-refractivity contribution in [3.63, 3.8) is 0 Å². The molecule has 0 fully saturated rings. The number of nitrogens with two attached hydrogens (primary N) is 1. The van der Waals surface area contributed by atoms with Crippen molar-refractivity contribution in [1.29, 1.82) is 5.26 Å². The van der Waals surface area contributed by atoms with E-state index in [1.54, 1.807) is 0 Å². The quantitative estimate of drug-likeness (QED) is 0.733. The molecule has 1 heterocycles. The van der Waals surface area contributed by atoms with Crippen molar-refractivity contribution in [3.05, 3.63) is 17.6 Å². The Labute approximate surface area is 88.9 Å². The van der Waals surface area contributed by atoms with Crippen LogP contribution < -0.4 is 5.73 Å². The molecule has 0 amide bonds. The highest BCUT2D eigenvalue weighted by Gasteiger charge is 2.03. The summed E-state index contributed by atoms with van der Waals surface area (Å²) >= 11 is 0. The molecule has 2 N–H and O–H groups in total. The number of nitrogens with zero attached hydrogens (tertiary/aromatic N) is 3. The predicted molar refractivity (Wildman–Crippen MR) is 55.7 cm³/mol. The number of aromatic nitrogens is 2. The molecule has 15 heavy (non-hydrogen) atoms. The normalized spacial score (nSPS) is 9.87. The van der Waals surface area contributed by atoms with Crippen molar-refractivity contribution in [1.82, 2.24) is 9.97 Å². The van der Waals surface area contributed by atoms with Crippen LogP contribution in [0.5, 0.6) is 0 Å². The summed E-state index contributed by atoms with van der Waals surface area (Å²) in [6, 6.07) is 1.88. The Morgan fingerprint density at radius 3 is 3.07 bits per heavy atom. The van der Waals surface area contributed by atoms with Gasteiger partial charge in [-0.2, -0.15) is 5.26 Å². The summed E-state index contributed by atoms with van der Waals surface area (Å²) < 4.78 is 5.35. The molecule has 1 aromatic heterocycles. The van der Waals surface area contributed by atoms with E-state index in [-0.39, 0.29) is 11.5 Å². The van der Waals surface area contributed by atoms with Gasteiger partial charge in [0.1, 0.15) is 6.07 Å². The number of unbranched alkanes of at least 4 members (excludes halogenated alkanes) is 1. The monoisotopic (exact) mass is 206 g/mol. The largest absolute Gasteiger partial charge is 0.381 e. The van der Waals surface area contributed by atoms with Crippen LogP contribution >= 0.6 is 0 Å². The van der Waals surface area contributed by atoms with E-state index in [0.717, 1.165) is 12.8 Å². The van der Waals surface area contributed by atoms with E-state index in [4.69, 9.17) is 15.7 Å². The molecule has 5 nitrogen and oxygen atoms in total. The lowest BCUT2D eigenvalue weighted by Crippen LogP contribution is -2.03. The van der Waals surface area contributed by atoms with Gasteiger partial charge in [0.05, 0.1) is 18.5 Å². The smallest absolute Gasteiger partial charge is 0.183 e. The second-order valence-corrected chi connectivity index (χ2v) is 3.11. The van der Waals surface area contributed by atoms with Crippen LogP contribution in [0.1, 0.15) is 31.2 Å². The Kier molecular flexibility index (Phi) is 4.51. The zero-order chi connectivity index (χ0) is 11.1. The molecule has 0 radical (unpaired) electrons. The summed E-state index contributed by atoms with van der Waals surface area (Å²) in [6.07, 6.45) is 3.65. The first-order valence-corrected chi connectivity index (χ1v) is 4.87. The third kappa shape index (κ3) is 3.52. The molecule has 5 heteroatoms. The van der Waals surface area contributed by atoms with E-state index in [1.165, 1.54) is 6.20 Å². The molecule has 0 saturated carbocycles. The lowest BCUT2D eigenvalue weighted by Gasteiger charge is -2.03. The van der Waals surface area contributed by atoms with Gasteiger partial charge in [-0.25, -0.2) is 9.97 Å². The summed E-state index contributed by atoms with van der Waals surface area (Å²) in [5, 5.41) is 8.68. The van der Waals surface area contributed by atoms with E-state index < -0.39 is 0 Å². The number of ether oxygens (including phenoxy) is 1. The minimum absolute atomic E-state index is 0.159. The van der Waals surface area contributed by atoms with Crippen molar-refractivity contribution >= 4 is 5.82 Å². The van der Waals surface area contributed by atoms with Gasteiger partial charge in [0.15, 0.2) is 11.5 Å². The molecule has 0 aliphatic heterocycles. The first-order valence-electron chi connectivity index (χ1n) is 4.87. The number of hydrogen-bond acceptors (Lipinski definition) is 5. The highest BCUT2D eigenvalue weighted by Crippen LogP contribution is 2.05. The second-order valence-electron chi connectivity index (χ2n) is 3.11.